The minimum atomic E-state index is -2.55. The van der Waals surface area contributed by atoms with E-state index in [9.17, 15) is 8.78 Å². The van der Waals surface area contributed by atoms with E-state index in [0.29, 0.717) is 5.02 Å². The maximum absolute atomic E-state index is 12.9. The van der Waals surface area contributed by atoms with Gasteiger partial charge in [-0.25, -0.2) is 8.78 Å². The molecule has 82 valence electrons. The van der Waals surface area contributed by atoms with Crippen molar-refractivity contribution in [1.82, 2.24) is 5.32 Å². The van der Waals surface area contributed by atoms with Gasteiger partial charge in [0.15, 0.2) is 0 Å². The van der Waals surface area contributed by atoms with E-state index in [1.54, 1.807) is 25.2 Å². The van der Waals surface area contributed by atoms with Gasteiger partial charge >= 0.3 is 0 Å². The molecule has 0 atom stereocenters. The molecule has 0 aromatic heterocycles. The highest BCUT2D eigenvalue weighted by atomic mass is 35.5. The minimum Gasteiger partial charge on any atom is -0.310 e. The topological polar surface area (TPSA) is 12.0 Å². The minimum absolute atomic E-state index is 0.156. The van der Waals surface area contributed by atoms with Gasteiger partial charge in [-0.15, -0.1) is 0 Å². The Morgan fingerprint density at radius 2 is 2.00 bits per heavy atom. The molecule has 1 aliphatic rings. The number of alkyl halides is 2. The van der Waals surface area contributed by atoms with Gasteiger partial charge in [0, 0.05) is 17.9 Å². The first-order valence-corrected chi connectivity index (χ1v) is 5.18. The standard InChI is InChI=1S/C11H12ClF2N/c1-15-10(6-11(13,14)7-10)8-3-2-4-9(12)5-8/h2-5,15H,6-7H2,1H3. The summed E-state index contributed by atoms with van der Waals surface area (Å²) in [4.78, 5) is 0. The maximum atomic E-state index is 12.9. The molecule has 0 bridgehead atoms. The number of hydrogen-bond acceptors (Lipinski definition) is 1. The summed E-state index contributed by atoms with van der Waals surface area (Å²) in [6.45, 7) is 0. The van der Waals surface area contributed by atoms with Gasteiger partial charge in [-0.1, -0.05) is 23.7 Å². The van der Waals surface area contributed by atoms with Crippen LogP contribution in [0.1, 0.15) is 18.4 Å². The number of halogens is 3. The third-order valence-electron chi connectivity index (χ3n) is 2.98. The van der Waals surface area contributed by atoms with Crippen molar-refractivity contribution in [3.05, 3.63) is 34.9 Å². The Balaban J connectivity index is 2.29. The van der Waals surface area contributed by atoms with E-state index in [2.05, 4.69) is 5.32 Å². The molecular formula is C11H12ClF2N. The molecule has 1 fully saturated rings. The summed E-state index contributed by atoms with van der Waals surface area (Å²) in [5.41, 5.74) is 0.234. The highest BCUT2D eigenvalue weighted by molar-refractivity contribution is 6.30. The van der Waals surface area contributed by atoms with Crippen molar-refractivity contribution in [2.45, 2.75) is 24.3 Å². The quantitative estimate of drug-likeness (QED) is 0.824. The van der Waals surface area contributed by atoms with Gasteiger partial charge in [0.1, 0.15) is 0 Å². The molecular weight excluding hydrogens is 220 g/mol. The van der Waals surface area contributed by atoms with E-state index in [1.807, 2.05) is 6.07 Å². The van der Waals surface area contributed by atoms with Crippen LogP contribution in [0.4, 0.5) is 8.78 Å². The summed E-state index contributed by atoms with van der Waals surface area (Å²) in [5, 5.41) is 3.56. The van der Waals surface area contributed by atoms with E-state index in [0.717, 1.165) is 5.56 Å². The van der Waals surface area contributed by atoms with Crippen molar-refractivity contribution in [2.75, 3.05) is 7.05 Å². The molecule has 1 saturated carbocycles. The Morgan fingerprint density at radius 1 is 1.33 bits per heavy atom. The first-order chi connectivity index (χ1) is 6.97. The van der Waals surface area contributed by atoms with Gasteiger partial charge in [-0.3, -0.25) is 0 Å². The first-order valence-electron chi connectivity index (χ1n) is 4.80. The number of benzene rings is 1. The highest BCUT2D eigenvalue weighted by Gasteiger charge is 2.56. The highest BCUT2D eigenvalue weighted by Crippen LogP contribution is 2.51. The summed E-state index contributed by atoms with van der Waals surface area (Å²) in [7, 11) is 1.70. The van der Waals surface area contributed by atoms with Crippen molar-refractivity contribution in [2.24, 2.45) is 0 Å². The summed E-state index contributed by atoms with van der Waals surface area (Å²) >= 11 is 5.84. The third kappa shape index (κ3) is 1.86. The maximum Gasteiger partial charge on any atom is 0.252 e. The lowest BCUT2D eigenvalue weighted by Crippen LogP contribution is -2.57. The largest absolute Gasteiger partial charge is 0.310 e. The molecule has 0 unspecified atom stereocenters. The van der Waals surface area contributed by atoms with Gasteiger partial charge in [-0.2, -0.15) is 0 Å². The molecule has 1 nitrogen and oxygen atoms in total. The van der Waals surface area contributed by atoms with Crippen LogP contribution in [0.15, 0.2) is 24.3 Å². The van der Waals surface area contributed by atoms with E-state index in [1.165, 1.54) is 0 Å². The number of rotatable bonds is 2. The van der Waals surface area contributed by atoms with Crippen molar-refractivity contribution >= 4 is 11.6 Å². The molecule has 4 heteroatoms. The van der Waals surface area contributed by atoms with Gasteiger partial charge in [0.25, 0.3) is 5.92 Å². The first kappa shape index (κ1) is 10.8. The summed E-state index contributed by atoms with van der Waals surface area (Å²) in [5.74, 6) is -2.55. The second kappa shape index (κ2) is 3.42. The fraction of sp³-hybridized carbons (Fsp3) is 0.455. The number of hydrogen-bond donors (Lipinski definition) is 1. The van der Waals surface area contributed by atoms with Gasteiger partial charge in [-0.05, 0) is 24.7 Å². The van der Waals surface area contributed by atoms with E-state index in [4.69, 9.17) is 11.6 Å². The normalized spacial score (nSPS) is 22.1. The second-order valence-corrected chi connectivity index (χ2v) is 4.49. The van der Waals surface area contributed by atoms with Gasteiger partial charge < -0.3 is 5.32 Å². The van der Waals surface area contributed by atoms with Crippen molar-refractivity contribution in [3.8, 4) is 0 Å². The third-order valence-corrected chi connectivity index (χ3v) is 3.21. The predicted molar refractivity (Wildman–Crippen MR) is 56.4 cm³/mol. The summed E-state index contributed by atoms with van der Waals surface area (Å²) in [6.07, 6.45) is -0.312. The van der Waals surface area contributed by atoms with E-state index >= 15 is 0 Å². The van der Waals surface area contributed by atoms with Crippen LogP contribution in [-0.2, 0) is 5.54 Å². The Bertz CT molecular complexity index is 371. The fourth-order valence-corrected chi connectivity index (χ4v) is 2.33. The molecule has 1 aromatic rings. The van der Waals surface area contributed by atoms with Crippen LogP contribution in [0.5, 0.6) is 0 Å². The lowest BCUT2D eigenvalue weighted by Gasteiger charge is -2.47. The molecule has 0 spiro atoms. The number of nitrogens with one attached hydrogen (secondary N) is 1. The average Bonchev–Trinajstić information content (AvgIpc) is 2.13. The van der Waals surface area contributed by atoms with Crippen molar-refractivity contribution < 1.29 is 8.78 Å². The summed E-state index contributed by atoms with van der Waals surface area (Å²) < 4.78 is 25.9. The molecule has 0 aliphatic heterocycles. The van der Waals surface area contributed by atoms with Crippen LogP contribution in [0.2, 0.25) is 5.02 Å². The SMILES string of the molecule is CNC1(c2cccc(Cl)c2)CC(F)(F)C1. The monoisotopic (exact) mass is 231 g/mol. The molecule has 1 aromatic carbocycles. The zero-order valence-electron chi connectivity index (χ0n) is 8.36. The van der Waals surface area contributed by atoms with Crippen LogP contribution >= 0.6 is 11.6 Å². The van der Waals surface area contributed by atoms with Gasteiger partial charge in [0.2, 0.25) is 0 Å². The predicted octanol–water partition coefficient (Wildman–Crippen LogP) is 3.18. The molecule has 0 amide bonds. The molecule has 0 saturated heterocycles. The lowest BCUT2D eigenvalue weighted by molar-refractivity contribution is -0.135. The average molecular weight is 232 g/mol. The van der Waals surface area contributed by atoms with Crippen LogP contribution < -0.4 is 5.32 Å². The molecule has 1 aliphatic carbocycles. The Kier molecular flexibility index (Phi) is 2.47. The van der Waals surface area contributed by atoms with Crippen LogP contribution in [-0.4, -0.2) is 13.0 Å². The second-order valence-electron chi connectivity index (χ2n) is 4.05. The van der Waals surface area contributed by atoms with Crippen LogP contribution in [0.25, 0.3) is 0 Å². The summed E-state index contributed by atoms with van der Waals surface area (Å²) in [6, 6.07) is 7.10. The van der Waals surface area contributed by atoms with E-state index in [-0.39, 0.29) is 12.8 Å². The molecule has 0 radical (unpaired) electrons. The molecule has 1 N–H and O–H groups in total. The van der Waals surface area contributed by atoms with E-state index < -0.39 is 11.5 Å². The smallest absolute Gasteiger partial charge is 0.252 e. The van der Waals surface area contributed by atoms with Crippen molar-refractivity contribution in [3.63, 3.8) is 0 Å². The van der Waals surface area contributed by atoms with Crippen molar-refractivity contribution in [1.29, 1.82) is 0 Å². The van der Waals surface area contributed by atoms with Gasteiger partial charge in [0.05, 0.1) is 5.54 Å². The van der Waals surface area contributed by atoms with Crippen LogP contribution in [0.3, 0.4) is 0 Å². The molecule has 0 heterocycles. The lowest BCUT2D eigenvalue weighted by atomic mass is 9.69. The Hall–Kier alpha value is -0.670. The Morgan fingerprint density at radius 3 is 2.47 bits per heavy atom. The molecule has 2 rings (SSSR count). The molecule has 15 heavy (non-hydrogen) atoms. The fourth-order valence-electron chi connectivity index (χ4n) is 2.14. The zero-order valence-corrected chi connectivity index (χ0v) is 9.11. The zero-order chi connectivity index (χ0) is 11.1. The Labute approximate surface area is 92.4 Å². The van der Waals surface area contributed by atoms with Crippen LogP contribution in [0, 0.1) is 0 Å².